The highest BCUT2D eigenvalue weighted by atomic mass is 32.1. The van der Waals surface area contributed by atoms with Gasteiger partial charge in [-0.1, -0.05) is 59.9 Å². The highest BCUT2D eigenvalue weighted by Crippen LogP contribution is 2.36. The molecule has 0 N–H and O–H groups in total. The quantitative estimate of drug-likeness (QED) is 0.267. The van der Waals surface area contributed by atoms with E-state index < -0.39 is 12.0 Å². The molecular weight excluding hydrogens is 542 g/mol. The highest BCUT2D eigenvalue weighted by Gasteiger charge is 2.35. The lowest BCUT2D eigenvalue weighted by molar-refractivity contribution is -0.138. The Hall–Kier alpha value is -4.78. The van der Waals surface area contributed by atoms with E-state index in [0.29, 0.717) is 43.3 Å². The summed E-state index contributed by atoms with van der Waals surface area (Å²) in [6, 6.07) is 25.5. The number of esters is 1. The third-order valence-corrected chi connectivity index (χ3v) is 8.31. The van der Waals surface area contributed by atoms with E-state index in [9.17, 15) is 14.9 Å². The Morgan fingerprint density at radius 2 is 1.90 bits per heavy atom. The first-order chi connectivity index (χ1) is 19.6. The lowest BCUT2D eigenvalue weighted by Gasteiger charge is -2.24. The monoisotopic (exact) mass is 563 g/mol. The van der Waals surface area contributed by atoms with Gasteiger partial charge in [0.2, 0.25) is 0 Å². The van der Waals surface area contributed by atoms with E-state index in [4.69, 9.17) is 14.1 Å². The topological polar surface area (TPSA) is 97.6 Å². The molecule has 0 amide bonds. The van der Waals surface area contributed by atoms with Gasteiger partial charge in [-0.2, -0.15) is 5.26 Å². The molecule has 4 heterocycles. The van der Waals surface area contributed by atoms with Gasteiger partial charge in [-0.25, -0.2) is 9.79 Å². The van der Waals surface area contributed by atoms with Crippen molar-refractivity contribution in [1.29, 1.82) is 5.26 Å². The van der Waals surface area contributed by atoms with E-state index in [1.54, 1.807) is 41.8 Å². The average Bonchev–Trinajstić information content (AvgIpc) is 3.74. The van der Waals surface area contributed by atoms with Crippen LogP contribution in [0, 0.1) is 11.3 Å². The Kier molecular flexibility index (Phi) is 6.86. The van der Waals surface area contributed by atoms with E-state index in [0.717, 1.165) is 10.4 Å². The minimum absolute atomic E-state index is 0.196. The number of aromatic nitrogens is 1. The largest absolute Gasteiger partial charge is 0.463 e. The van der Waals surface area contributed by atoms with Crippen LogP contribution in [-0.4, -0.2) is 17.1 Å². The smallest absolute Gasteiger partial charge is 0.338 e. The minimum Gasteiger partial charge on any atom is -0.463 e. The van der Waals surface area contributed by atoms with Crippen molar-refractivity contribution < 1.29 is 13.9 Å². The molecule has 40 heavy (non-hydrogen) atoms. The minimum atomic E-state index is -0.692. The van der Waals surface area contributed by atoms with Gasteiger partial charge in [0.25, 0.3) is 5.56 Å². The molecule has 1 atom stereocenters. The van der Waals surface area contributed by atoms with Crippen molar-refractivity contribution in [2.24, 2.45) is 4.99 Å². The second kappa shape index (κ2) is 10.8. The van der Waals surface area contributed by atoms with Gasteiger partial charge in [0, 0.05) is 22.1 Å². The third kappa shape index (κ3) is 4.53. The van der Waals surface area contributed by atoms with E-state index in [2.05, 4.69) is 6.07 Å². The van der Waals surface area contributed by atoms with Crippen molar-refractivity contribution in [3.63, 3.8) is 0 Å². The molecule has 3 aromatic heterocycles. The van der Waals surface area contributed by atoms with E-state index >= 15 is 0 Å². The molecule has 1 aliphatic rings. The van der Waals surface area contributed by atoms with Crippen molar-refractivity contribution in [1.82, 2.24) is 4.57 Å². The fourth-order valence-corrected chi connectivity index (χ4v) is 6.46. The Morgan fingerprint density at radius 1 is 1.10 bits per heavy atom. The van der Waals surface area contributed by atoms with Gasteiger partial charge in [-0.15, -0.1) is 11.3 Å². The van der Waals surface area contributed by atoms with Gasteiger partial charge in [-0.05, 0) is 42.6 Å². The molecule has 0 saturated carbocycles. The molecule has 0 saturated heterocycles. The summed E-state index contributed by atoms with van der Waals surface area (Å²) in [7, 11) is 0. The average molecular weight is 564 g/mol. The van der Waals surface area contributed by atoms with Gasteiger partial charge in [0.05, 0.1) is 34.0 Å². The maximum Gasteiger partial charge on any atom is 0.338 e. The number of thiazole rings is 1. The van der Waals surface area contributed by atoms with Crippen LogP contribution in [0.25, 0.3) is 23.1 Å². The van der Waals surface area contributed by atoms with Crippen molar-refractivity contribution in [3.8, 4) is 17.4 Å². The Morgan fingerprint density at radius 3 is 2.65 bits per heavy atom. The zero-order valence-corrected chi connectivity index (χ0v) is 22.9. The fraction of sp³-hybridized carbons (Fsp3) is 0.0968. The number of benzene rings is 2. The van der Waals surface area contributed by atoms with Crippen LogP contribution in [0.4, 0.5) is 0 Å². The number of rotatable bonds is 6. The van der Waals surface area contributed by atoms with E-state index in [1.165, 1.54) is 22.7 Å². The van der Waals surface area contributed by atoms with Crippen molar-refractivity contribution in [2.45, 2.75) is 13.0 Å². The SMILES string of the molecule is CCOC(=O)C1=C(c2ccccc2)N=c2s/c(=C/c3ccc(-c4ccccc4C#N)o3)c(=O)n2C1c1cccs1. The summed E-state index contributed by atoms with van der Waals surface area (Å²) in [5, 5.41) is 11.4. The van der Waals surface area contributed by atoms with E-state index in [-0.39, 0.29) is 12.2 Å². The molecule has 6 rings (SSSR count). The number of ether oxygens (including phenoxy) is 1. The van der Waals surface area contributed by atoms with Gasteiger partial charge in [0.15, 0.2) is 4.80 Å². The molecule has 9 heteroatoms. The molecule has 5 aromatic rings. The third-order valence-electron chi connectivity index (χ3n) is 6.40. The maximum absolute atomic E-state index is 13.9. The molecule has 196 valence electrons. The van der Waals surface area contributed by atoms with Crippen molar-refractivity contribution >= 4 is 40.4 Å². The predicted molar refractivity (Wildman–Crippen MR) is 154 cm³/mol. The molecule has 1 aliphatic heterocycles. The molecule has 0 bridgehead atoms. The summed E-state index contributed by atoms with van der Waals surface area (Å²) < 4.78 is 13.5. The second-order valence-electron chi connectivity index (χ2n) is 8.81. The number of thiophene rings is 1. The van der Waals surface area contributed by atoms with Crippen molar-refractivity contribution in [2.75, 3.05) is 6.61 Å². The number of hydrogen-bond donors (Lipinski definition) is 0. The van der Waals surface area contributed by atoms with Gasteiger partial charge >= 0.3 is 5.97 Å². The molecule has 0 radical (unpaired) electrons. The maximum atomic E-state index is 13.9. The number of fused-ring (bicyclic) bond motifs is 1. The second-order valence-corrected chi connectivity index (χ2v) is 10.8. The number of nitriles is 1. The lowest BCUT2D eigenvalue weighted by atomic mass is 9.97. The Labute approximate surface area is 236 Å². The number of carbonyl (C=O) groups is 1. The summed E-state index contributed by atoms with van der Waals surface area (Å²) >= 11 is 2.69. The van der Waals surface area contributed by atoms with Crippen LogP contribution in [0.15, 0.2) is 104 Å². The van der Waals surface area contributed by atoms with Crippen LogP contribution in [0.3, 0.4) is 0 Å². The molecule has 1 unspecified atom stereocenters. The van der Waals surface area contributed by atoms with Crippen LogP contribution in [0.1, 0.15) is 34.7 Å². The Bertz CT molecular complexity index is 1970. The summed E-state index contributed by atoms with van der Waals surface area (Å²) in [6.07, 6.45) is 1.67. The van der Waals surface area contributed by atoms with Crippen LogP contribution in [0.2, 0.25) is 0 Å². The summed E-state index contributed by atoms with van der Waals surface area (Å²) in [5.74, 6) is 0.488. The van der Waals surface area contributed by atoms with Crippen LogP contribution >= 0.6 is 22.7 Å². The van der Waals surface area contributed by atoms with E-state index in [1.807, 2.05) is 60.0 Å². The first-order valence-corrected chi connectivity index (χ1v) is 14.2. The van der Waals surface area contributed by atoms with Crippen LogP contribution < -0.4 is 14.9 Å². The number of nitrogens with zero attached hydrogens (tertiary/aromatic N) is 3. The zero-order chi connectivity index (χ0) is 27.6. The number of hydrogen-bond acceptors (Lipinski definition) is 8. The highest BCUT2D eigenvalue weighted by molar-refractivity contribution is 7.10. The first-order valence-electron chi connectivity index (χ1n) is 12.5. The predicted octanol–water partition coefficient (Wildman–Crippen LogP) is 5.13. The molecular formula is C31H21N3O4S2. The van der Waals surface area contributed by atoms with Crippen LogP contribution in [-0.2, 0) is 9.53 Å². The molecule has 0 fully saturated rings. The lowest BCUT2D eigenvalue weighted by Crippen LogP contribution is -2.39. The summed E-state index contributed by atoms with van der Waals surface area (Å²) in [5.41, 5.74) is 2.46. The molecule has 2 aromatic carbocycles. The molecule has 7 nitrogen and oxygen atoms in total. The number of furan rings is 1. The first kappa shape index (κ1) is 25.5. The van der Waals surface area contributed by atoms with Gasteiger partial charge < -0.3 is 9.15 Å². The molecule has 0 aliphatic carbocycles. The zero-order valence-electron chi connectivity index (χ0n) is 21.2. The van der Waals surface area contributed by atoms with Crippen molar-refractivity contribution in [3.05, 3.63) is 131 Å². The number of carbonyl (C=O) groups excluding carboxylic acids is 1. The molecule has 0 spiro atoms. The summed E-state index contributed by atoms with van der Waals surface area (Å²) in [6.45, 7) is 1.95. The normalized spacial score (nSPS) is 14.9. The fourth-order valence-electron chi connectivity index (χ4n) is 4.66. The standard InChI is InChI=1S/C31H21N3O4S2/c1-2-37-30(36)26-27(19-9-4-3-5-10-19)33-31-34(28(26)24-13-8-16-39-24)29(35)25(40-31)17-21-14-15-23(38-21)22-12-7-6-11-20(22)18-32/h3-17,28H,2H2,1H3/b25-17+. The summed E-state index contributed by atoms with van der Waals surface area (Å²) in [4.78, 5) is 33.4. The van der Waals surface area contributed by atoms with Gasteiger partial charge in [0.1, 0.15) is 17.6 Å². The van der Waals surface area contributed by atoms with Gasteiger partial charge in [-0.3, -0.25) is 9.36 Å². The van der Waals surface area contributed by atoms with Crippen LogP contribution in [0.5, 0.6) is 0 Å². The Balaban J connectivity index is 1.54.